The first-order valence-electron chi connectivity index (χ1n) is 6.91. The van der Waals surface area contributed by atoms with Crippen LogP contribution in [0.1, 0.15) is 15.9 Å². The van der Waals surface area contributed by atoms with Gasteiger partial charge in [-0.05, 0) is 18.6 Å². The molecule has 5 nitrogen and oxygen atoms in total. The minimum Gasteiger partial charge on any atom is -0.347 e. The van der Waals surface area contributed by atoms with Crippen molar-refractivity contribution >= 4 is 23.4 Å². The number of piperazine rings is 1. The third kappa shape index (κ3) is 3.19. The Bertz CT molecular complexity index is 560. The monoisotopic (exact) mass is 309 g/mol. The predicted octanol–water partition coefficient (Wildman–Crippen LogP) is 1.15. The van der Waals surface area contributed by atoms with Crippen molar-refractivity contribution in [1.29, 1.82) is 0 Å². The van der Waals surface area contributed by atoms with Crippen LogP contribution in [0.2, 0.25) is 5.02 Å². The molecule has 1 aliphatic heterocycles. The molecule has 1 aromatic carbocycles. The molecule has 0 aliphatic carbocycles. The van der Waals surface area contributed by atoms with Crippen molar-refractivity contribution in [2.75, 3.05) is 33.7 Å². The van der Waals surface area contributed by atoms with Crippen molar-refractivity contribution in [3.63, 3.8) is 0 Å². The van der Waals surface area contributed by atoms with Gasteiger partial charge in [-0.2, -0.15) is 0 Å². The molecule has 1 heterocycles. The number of benzene rings is 1. The zero-order valence-electron chi connectivity index (χ0n) is 12.5. The van der Waals surface area contributed by atoms with E-state index in [0.29, 0.717) is 30.2 Å². The van der Waals surface area contributed by atoms with Gasteiger partial charge in [0, 0.05) is 33.7 Å². The van der Waals surface area contributed by atoms with Gasteiger partial charge < -0.3 is 15.1 Å². The molecule has 114 valence electrons. The van der Waals surface area contributed by atoms with Crippen LogP contribution in [0.4, 0.5) is 0 Å². The summed E-state index contributed by atoms with van der Waals surface area (Å²) < 4.78 is 0. The lowest BCUT2D eigenvalue weighted by Gasteiger charge is -2.36. The molecule has 1 saturated heterocycles. The van der Waals surface area contributed by atoms with Gasteiger partial charge >= 0.3 is 0 Å². The highest BCUT2D eigenvalue weighted by Crippen LogP contribution is 2.23. The summed E-state index contributed by atoms with van der Waals surface area (Å²) in [7, 11) is 3.39. The zero-order valence-corrected chi connectivity index (χ0v) is 13.3. The molecule has 1 atom stereocenters. The molecule has 0 saturated carbocycles. The fourth-order valence-corrected chi connectivity index (χ4v) is 2.64. The highest BCUT2D eigenvalue weighted by Gasteiger charge is 2.34. The topological polar surface area (TPSA) is 52.7 Å². The summed E-state index contributed by atoms with van der Waals surface area (Å²) in [6.45, 7) is 3.49. The van der Waals surface area contributed by atoms with Gasteiger partial charge in [0.25, 0.3) is 5.91 Å². The number of likely N-dealkylation sites (N-methyl/N-ethyl adjacent to an activating group) is 1. The zero-order chi connectivity index (χ0) is 15.6. The molecular formula is C15H20ClN3O2. The Morgan fingerprint density at radius 1 is 1.38 bits per heavy atom. The van der Waals surface area contributed by atoms with E-state index < -0.39 is 6.04 Å². The maximum atomic E-state index is 12.8. The molecule has 0 radical (unpaired) electrons. The smallest absolute Gasteiger partial charge is 0.256 e. The van der Waals surface area contributed by atoms with Gasteiger partial charge in [0.15, 0.2) is 0 Å². The SMILES string of the molecule is Cc1cccc(C(=O)N2CCNCC2C(=O)N(C)C)c1Cl. The lowest BCUT2D eigenvalue weighted by molar-refractivity contribution is -0.134. The average Bonchev–Trinajstić information content (AvgIpc) is 2.48. The summed E-state index contributed by atoms with van der Waals surface area (Å²) in [6.07, 6.45) is 0. The van der Waals surface area contributed by atoms with Crippen LogP contribution in [0.25, 0.3) is 0 Å². The van der Waals surface area contributed by atoms with Gasteiger partial charge in [0.1, 0.15) is 6.04 Å². The normalized spacial score (nSPS) is 18.5. The first kappa shape index (κ1) is 15.8. The molecule has 0 bridgehead atoms. The summed E-state index contributed by atoms with van der Waals surface area (Å²) in [6, 6.07) is 4.88. The molecule has 6 heteroatoms. The molecule has 1 aromatic rings. The highest BCUT2D eigenvalue weighted by atomic mass is 35.5. The van der Waals surface area contributed by atoms with E-state index in [1.165, 1.54) is 4.90 Å². The second kappa shape index (κ2) is 6.45. The van der Waals surface area contributed by atoms with Crippen molar-refractivity contribution in [1.82, 2.24) is 15.1 Å². The van der Waals surface area contributed by atoms with Gasteiger partial charge in [-0.15, -0.1) is 0 Å². The minimum atomic E-state index is -0.488. The number of carbonyl (C=O) groups is 2. The van der Waals surface area contributed by atoms with Crippen molar-refractivity contribution < 1.29 is 9.59 Å². The Labute approximate surface area is 129 Å². The van der Waals surface area contributed by atoms with E-state index in [0.717, 1.165) is 5.56 Å². The summed E-state index contributed by atoms with van der Waals surface area (Å²) >= 11 is 6.24. The number of carbonyl (C=O) groups excluding carboxylic acids is 2. The van der Waals surface area contributed by atoms with Crippen LogP contribution >= 0.6 is 11.6 Å². The van der Waals surface area contributed by atoms with Crippen LogP contribution in [0.3, 0.4) is 0 Å². The van der Waals surface area contributed by atoms with Crippen molar-refractivity contribution in [2.45, 2.75) is 13.0 Å². The Balaban J connectivity index is 2.31. The van der Waals surface area contributed by atoms with Gasteiger partial charge in [-0.3, -0.25) is 9.59 Å². The lowest BCUT2D eigenvalue weighted by Crippen LogP contribution is -2.59. The van der Waals surface area contributed by atoms with Crippen molar-refractivity contribution in [3.8, 4) is 0 Å². The standard InChI is InChI=1S/C15H20ClN3O2/c1-10-5-4-6-11(13(10)16)14(20)19-8-7-17-9-12(19)15(21)18(2)3/h4-6,12,17H,7-9H2,1-3H3. The first-order valence-corrected chi connectivity index (χ1v) is 7.29. The second-order valence-electron chi connectivity index (χ2n) is 5.39. The molecule has 2 amide bonds. The van der Waals surface area contributed by atoms with Gasteiger partial charge in [-0.1, -0.05) is 23.7 Å². The van der Waals surface area contributed by atoms with E-state index in [2.05, 4.69) is 5.32 Å². The number of nitrogens with one attached hydrogen (secondary N) is 1. The molecule has 2 rings (SSSR count). The number of amides is 2. The molecule has 1 N–H and O–H groups in total. The van der Waals surface area contributed by atoms with Crippen molar-refractivity contribution in [3.05, 3.63) is 34.3 Å². The van der Waals surface area contributed by atoms with E-state index in [1.54, 1.807) is 31.1 Å². The number of hydrogen-bond acceptors (Lipinski definition) is 3. The van der Waals surface area contributed by atoms with Gasteiger partial charge in [0.2, 0.25) is 5.91 Å². The Hall–Kier alpha value is -1.59. The molecule has 0 spiro atoms. The Kier molecular flexibility index (Phi) is 4.85. The second-order valence-corrected chi connectivity index (χ2v) is 5.77. The van der Waals surface area contributed by atoms with E-state index in [1.807, 2.05) is 13.0 Å². The van der Waals surface area contributed by atoms with Crippen molar-refractivity contribution in [2.24, 2.45) is 0 Å². The maximum Gasteiger partial charge on any atom is 0.256 e. The van der Waals surface area contributed by atoms with Crippen LogP contribution in [-0.2, 0) is 4.79 Å². The molecular weight excluding hydrogens is 290 g/mol. The number of halogens is 1. The van der Waals surface area contributed by atoms with Crippen LogP contribution in [0.15, 0.2) is 18.2 Å². The third-order valence-electron chi connectivity index (χ3n) is 3.65. The number of nitrogens with zero attached hydrogens (tertiary/aromatic N) is 2. The summed E-state index contributed by atoms with van der Waals surface area (Å²) in [5.41, 5.74) is 1.31. The number of hydrogen-bond donors (Lipinski definition) is 1. The highest BCUT2D eigenvalue weighted by molar-refractivity contribution is 6.34. The lowest BCUT2D eigenvalue weighted by atomic mass is 10.1. The van der Waals surface area contributed by atoms with E-state index >= 15 is 0 Å². The average molecular weight is 310 g/mol. The fourth-order valence-electron chi connectivity index (χ4n) is 2.43. The molecule has 21 heavy (non-hydrogen) atoms. The molecule has 0 aromatic heterocycles. The fraction of sp³-hybridized carbons (Fsp3) is 0.467. The third-order valence-corrected chi connectivity index (χ3v) is 4.15. The maximum absolute atomic E-state index is 12.8. The Morgan fingerprint density at radius 3 is 2.76 bits per heavy atom. The van der Waals surface area contributed by atoms with Crippen LogP contribution in [0, 0.1) is 6.92 Å². The minimum absolute atomic E-state index is 0.0840. The number of rotatable bonds is 2. The quantitative estimate of drug-likeness (QED) is 0.891. The molecule has 1 aliphatic rings. The van der Waals surface area contributed by atoms with E-state index in [-0.39, 0.29) is 11.8 Å². The molecule has 1 unspecified atom stereocenters. The summed E-state index contributed by atoms with van der Waals surface area (Å²) in [4.78, 5) is 28.1. The first-order chi connectivity index (χ1) is 9.93. The van der Waals surface area contributed by atoms with Gasteiger partial charge in [0.05, 0.1) is 10.6 Å². The van der Waals surface area contributed by atoms with Crippen LogP contribution in [0.5, 0.6) is 0 Å². The largest absolute Gasteiger partial charge is 0.347 e. The van der Waals surface area contributed by atoms with Crippen LogP contribution in [-0.4, -0.2) is 61.4 Å². The molecule has 1 fully saturated rings. The van der Waals surface area contributed by atoms with E-state index in [4.69, 9.17) is 11.6 Å². The predicted molar refractivity (Wildman–Crippen MR) is 82.6 cm³/mol. The van der Waals surface area contributed by atoms with Gasteiger partial charge in [-0.25, -0.2) is 0 Å². The van der Waals surface area contributed by atoms with Crippen LogP contribution < -0.4 is 5.32 Å². The Morgan fingerprint density at radius 2 is 2.10 bits per heavy atom. The number of aryl methyl sites for hydroxylation is 1. The summed E-state index contributed by atoms with van der Waals surface area (Å²) in [5, 5.41) is 3.61. The van der Waals surface area contributed by atoms with E-state index in [9.17, 15) is 9.59 Å². The summed E-state index contributed by atoms with van der Waals surface area (Å²) in [5.74, 6) is -0.273.